The van der Waals surface area contributed by atoms with Gasteiger partial charge in [0, 0.05) is 42.5 Å². The van der Waals surface area contributed by atoms with Crippen LogP contribution in [0.3, 0.4) is 0 Å². The zero-order chi connectivity index (χ0) is 20.2. The van der Waals surface area contributed by atoms with Gasteiger partial charge in [-0.25, -0.2) is 4.99 Å². The second kappa shape index (κ2) is 13.0. The van der Waals surface area contributed by atoms with E-state index in [-0.39, 0.29) is 6.61 Å². The molecule has 1 heterocycles. The van der Waals surface area contributed by atoms with Crippen LogP contribution in [-0.2, 0) is 4.74 Å². The molecule has 0 atom stereocenters. The van der Waals surface area contributed by atoms with E-state index in [2.05, 4.69) is 49.1 Å². The highest BCUT2D eigenvalue weighted by molar-refractivity contribution is 9.11. The molecule has 1 fully saturated rings. The standard InChI is InChI=1S/C20H29BrN4O2S/c1-3-19(21)20(22-7-8-25-9-12-27-13-10-25)24-16(2)23-17-5-4-6-18(15-17)28-14-11-26/h3-6,15,22,26H,1,7-14H2,2H3,(H,23,24)/b20-19+. The van der Waals surface area contributed by atoms with Gasteiger partial charge in [0.05, 0.1) is 24.3 Å². The summed E-state index contributed by atoms with van der Waals surface area (Å²) in [5.41, 5.74) is 0.964. The summed E-state index contributed by atoms with van der Waals surface area (Å²) in [6, 6.07) is 8.08. The van der Waals surface area contributed by atoms with E-state index in [1.165, 1.54) is 0 Å². The summed E-state index contributed by atoms with van der Waals surface area (Å²) in [5, 5.41) is 15.7. The highest BCUT2D eigenvalue weighted by atomic mass is 79.9. The van der Waals surface area contributed by atoms with Crippen LogP contribution in [0.25, 0.3) is 0 Å². The first-order valence-electron chi connectivity index (χ1n) is 9.34. The minimum Gasteiger partial charge on any atom is -0.396 e. The Morgan fingerprint density at radius 2 is 2.21 bits per heavy atom. The van der Waals surface area contributed by atoms with Crippen molar-refractivity contribution in [3.05, 3.63) is 47.2 Å². The summed E-state index contributed by atoms with van der Waals surface area (Å²) in [4.78, 5) is 8.17. The summed E-state index contributed by atoms with van der Waals surface area (Å²) in [5.74, 6) is 2.21. The van der Waals surface area contributed by atoms with Gasteiger partial charge in [-0.15, -0.1) is 11.8 Å². The van der Waals surface area contributed by atoms with Crippen molar-refractivity contribution in [3.63, 3.8) is 0 Å². The van der Waals surface area contributed by atoms with Crippen LogP contribution in [0.1, 0.15) is 6.92 Å². The van der Waals surface area contributed by atoms with Crippen molar-refractivity contribution in [3.8, 4) is 0 Å². The Kier molecular flexibility index (Phi) is 10.7. The number of hydrogen-bond donors (Lipinski definition) is 3. The summed E-state index contributed by atoms with van der Waals surface area (Å²) in [6.07, 6.45) is 1.74. The fourth-order valence-corrected chi connectivity index (χ4v) is 3.60. The number of rotatable bonds is 10. The lowest BCUT2D eigenvalue weighted by Crippen LogP contribution is -2.40. The number of benzene rings is 1. The van der Waals surface area contributed by atoms with E-state index < -0.39 is 0 Å². The fourth-order valence-electron chi connectivity index (χ4n) is 2.66. The molecule has 1 aromatic rings. The molecule has 0 aromatic heterocycles. The summed E-state index contributed by atoms with van der Waals surface area (Å²) >= 11 is 5.15. The van der Waals surface area contributed by atoms with Gasteiger partial charge in [0.2, 0.25) is 0 Å². The second-order valence-electron chi connectivity index (χ2n) is 6.20. The number of hydrogen-bond acceptors (Lipinski definition) is 6. The molecule has 2 rings (SSSR count). The van der Waals surface area contributed by atoms with Crippen molar-refractivity contribution in [1.29, 1.82) is 0 Å². The van der Waals surface area contributed by atoms with Crippen LogP contribution in [0.5, 0.6) is 0 Å². The van der Waals surface area contributed by atoms with Gasteiger partial charge < -0.3 is 20.5 Å². The molecule has 0 radical (unpaired) electrons. The number of aliphatic imine (C=N–C) groups is 1. The quantitative estimate of drug-likeness (QED) is 0.212. The first-order chi connectivity index (χ1) is 13.6. The van der Waals surface area contributed by atoms with Crippen molar-refractivity contribution in [2.75, 3.05) is 57.1 Å². The number of amidine groups is 1. The molecule has 154 valence electrons. The Labute approximate surface area is 180 Å². The van der Waals surface area contributed by atoms with E-state index in [1.54, 1.807) is 17.8 Å². The topological polar surface area (TPSA) is 69.1 Å². The molecule has 28 heavy (non-hydrogen) atoms. The molecule has 1 saturated heterocycles. The first-order valence-corrected chi connectivity index (χ1v) is 11.1. The average Bonchev–Trinajstić information content (AvgIpc) is 2.72. The van der Waals surface area contributed by atoms with E-state index in [9.17, 15) is 0 Å². The number of allylic oxidation sites excluding steroid dienone is 2. The largest absolute Gasteiger partial charge is 0.396 e. The Bertz CT molecular complexity index is 691. The molecule has 1 aliphatic rings. The van der Waals surface area contributed by atoms with E-state index in [0.717, 1.165) is 66.1 Å². The molecule has 0 aliphatic carbocycles. The summed E-state index contributed by atoms with van der Waals surface area (Å²) < 4.78 is 6.21. The van der Waals surface area contributed by atoms with Gasteiger partial charge in [-0.05, 0) is 41.1 Å². The zero-order valence-electron chi connectivity index (χ0n) is 16.3. The Balaban J connectivity index is 1.95. The lowest BCUT2D eigenvalue weighted by Gasteiger charge is -2.26. The molecule has 0 bridgehead atoms. The lowest BCUT2D eigenvalue weighted by atomic mass is 10.3. The normalized spacial score (nSPS) is 16.5. The van der Waals surface area contributed by atoms with Gasteiger partial charge in [-0.1, -0.05) is 18.7 Å². The number of morpholine rings is 1. The molecule has 0 unspecified atom stereocenters. The van der Waals surface area contributed by atoms with E-state index >= 15 is 0 Å². The first kappa shape index (κ1) is 23.0. The molecule has 3 N–H and O–H groups in total. The van der Waals surface area contributed by atoms with Gasteiger partial charge in [0.1, 0.15) is 11.7 Å². The highest BCUT2D eigenvalue weighted by Crippen LogP contribution is 2.21. The third-order valence-electron chi connectivity index (χ3n) is 4.03. The van der Waals surface area contributed by atoms with Crippen molar-refractivity contribution in [2.45, 2.75) is 11.8 Å². The maximum atomic E-state index is 8.98. The Hall–Kier alpha value is -1.32. The van der Waals surface area contributed by atoms with Crippen LogP contribution in [0.2, 0.25) is 0 Å². The van der Waals surface area contributed by atoms with Crippen molar-refractivity contribution in [1.82, 2.24) is 10.2 Å². The molecular formula is C20H29BrN4O2S. The maximum Gasteiger partial charge on any atom is 0.142 e. The second-order valence-corrected chi connectivity index (χ2v) is 8.23. The zero-order valence-corrected chi connectivity index (χ0v) is 18.7. The Morgan fingerprint density at radius 3 is 2.93 bits per heavy atom. The summed E-state index contributed by atoms with van der Waals surface area (Å²) in [6.45, 7) is 11.2. The van der Waals surface area contributed by atoms with Gasteiger partial charge in [0.15, 0.2) is 0 Å². The van der Waals surface area contributed by atoms with Crippen LogP contribution >= 0.6 is 27.7 Å². The van der Waals surface area contributed by atoms with Gasteiger partial charge in [0.25, 0.3) is 0 Å². The molecule has 0 spiro atoms. The third kappa shape index (κ3) is 8.36. The number of aliphatic hydroxyl groups excluding tert-OH is 1. The molecular weight excluding hydrogens is 440 g/mol. The molecule has 8 heteroatoms. The van der Waals surface area contributed by atoms with Gasteiger partial charge in [-0.2, -0.15) is 0 Å². The maximum absolute atomic E-state index is 8.98. The number of thioether (sulfide) groups is 1. The van der Waals surface area contributed by atoms with Crippen molar-refractivity contribution < 1.29 is 9.84 Å². The smallest absolute Gasteiger partial charge is 0.142 e. The van der Waals surface area contributed by atoms with E-state index in [1.807, 2.05) is 25.1 Å². The predicted molar refractivity (Wildman–Crippen MR) is 122 cm³/mol. The number of anilines is 1. The van der Waals surface area contributed by atoms with E-state index in [4.69, 9.17) is 9.84 Å². The summed E-state index contributed by atoms with van der Waals surface area (Å²) in [7, 11) is 0. The van der Waals surface area contributed by atoms with Gasteiger partial charge >= 0.3 is 0 Å². The number of aliphatic hydroxyl groups is 1. The van der Waals surface area contributed by atoms with Crippen LogP contribution in [0.15, 0.2) is 57.1 Å². The fraction of sp³-hybridized carbons (Fsp3) is 0.450. The number of nitrogens with one attached hydrogen (secondary N) is 2. The minimum atomic E-state index is 0.169. The lowest BCUT2D eigenvalue weighted by molar-refractivity contribution is 0.0387. The molecule has 1 aromatic carbocycles. The molecule has 6 nitrogen and oxygen atoms in total. The van der Waals surface area contributed by atoms with Crippen LogP contribution in [0, 0.1) is 0 Å². The van der Waals surface area contributed by atoms with Crippen LogP contribution < -0.4 is 10.6 Å². The average molecular weight is 469 g/mol. The third-order valence-corrected chi connectivity index (χ3v) is 5.70. The van der Waals surface area contributed by atoms with Crippen molar-refractivity contribution in [2.24, 2.45) is 4.99 Å². The molecule has 1 aliphatic heterocycles. The number of nitrogens with zero attached hydrogens (tertiary/aromatic N) is 2. The predicted octanol–water partition coefficient (Wildman–Crippen LogP) is 3.27. The monoisotopic (exact) mass is 468 g/mol. The minimum absolute atomic E-state index is 0.169. The van der Waals surface area contributed by atoms with Crippen molar-refractivity contribution >= 4 is 39.2 Å². The SMILES string of the molecule is C=C/C(Br)=C(\N=C(/C)Nc1cccc(SCCO)c1)NCCN1CCOCC1. The van der Waals surface area contributed by atoms with Crippen LogP contribution in [-0.4, -0.2) is 67.6 Å². The van der Waals surface area contributed by atoms with Gasteiger partial charge in [-0.3, -0.25) is 4.90 Å². The highest BCUT2D eigenvalue weighted by Gasteiger charge is 2.10. The molecule has 0 amide bonds. The number of ether oxygens (including phenoxy) is 1. The van der Waals surface area contributed by atoms with E-state index in [0.29, 0.717) is 5.75 Å². The number of halogens is 1. The molecule has 0 saturated carbocycles. The van der Waals surface area contributed by atoms with Crippen LogP contribution in [0.4, 0.5) is 5.69 Å². The Morgan fingerprint density at radius 1 is 1.43 bits per heavy atom.